The van der Waals surface area contributed by atoms with Gasteiger partial charge in [-0.25, -0.2) is 4.98 Å². The zero-order chi connectivity index (χ0) is 17.6. The average molecular weight is 360 g/mol. The van der Waals surface area contributed by atoms with Gasteiger partial charge in [0.25, 0.3) is 0 Å². The zero-order valence-electron chi connectivity index (χ0n) is 14.9. The monoisotopic (exact) mass is 360 g/mol. The lowest BCUT2D eigenvalue weighted by molar-refractivity contribution is 0.159. The van der Waals surface area contributed by atoms with Crippen LogP contribution in [0.25, 0.3) is 0 Å². The van der Waals surface area contributed by atoms with E-state index in [1.165, 1.54) is 0 Å². The highest BCUT2D eigenvalue weighted by Gasteiger charge is 2.11. The maximum atomic E-state index is 5.85. The van der Waals surface area contributed by atoms with Crippen molar-refractivity contribution < 1.29 is 9.47 Å². The highest BCUT2D eigenvalue weighted by atomic mass is 32.1. The second-order valence-electron chi connectivity index (χ2n) is 6.06. The fourth-order valence-corrected chi connectivity index (χ4v) is 3.17. The third-order valence-corrected chi connectivity index (χ3v) is 4.90. The third-order valence-electron chi connectivity index (χ3n) is 4.08. The topological polar surface area (TPSA) is 50.2 Å². The zero-order valence-corrected chi connectivity index (χ0v) is 15.8. The quantitative estimate of drug-likeness (QED) is 0.741. The van der Waals surface area contributed by atoms with Crippen molar-refractivity contribution in [2.45, 2.75) is 13.5 Å². The third kappa shape index (κ3) is 4.93. The Morgan fingerprint density at radius 3 is 2.72 bits per heavy atom. The van der Waals surface area contributed by atoms with E-state index in [-0.39, 0.29) is 0 Å². The summed E-state index contributed by atoms with van der Waals surface area (Å²) in [5.41, 5.74) is 1.93. The molecule has 1 aliphatic rings. The first-order valence-electron chi connectivity index (χ1n) is 8.33. The molecule has 0 radical (unpaired) electrons. The number of benzene rings is 1. The Bertz CT molecular complexity index is 724. The van der Waals surface area contributed by atoms with Crippen LogP contribution in [-0.2, 0) is 6.61 Å². The second-order valence-corrected chi connectivity index (χ2v) is 7.12. The summed E-state index contributed by atoms with van der Waals surface area (Å²) in [6, 6.07) is 5.86. The summed E-state index contributed by atoms with van der Waals surface area (Å²) in [7, 11) is 3.79. The van der Waals surface area contributed by atoms with Gasteiger partial charge in [-0.2, -0.15) is 5.10 Å². The van der Waals surface area contributed by atoms with Gasteiger partial charge in [-0.15, -0.1) is 11.3 Å². The Kier molecular flexibility index (Phi) is 5.88. The lowest BCUT2D eigenvalue weighted by atomic mass is 10.2. The van der Waals surface area contributed by atoms with Crippen LogP contribution in [-0.4, -0.2) is 61.4 Å². The van der Waals surface area contributed by atoms with E-state index in [1.54, 1.807) is 18.4 Å². The average Bonchev–Trinajstić information content (AvgIpc) is 3.05. The van der Waals surface area contributed by atoms with Gasteiger partial charge >= 0.3 is 0 Å². The molecule has 1 aromatic carbocycles. The first-order valence-corrected chi connectivity index (χ1v) is 9.21. The fraction of sp³-hybridized carbons (Fsp3) is 0.444. The molecule has 25 heavy (non-hydrogen) atoms. The van der Waals surface area contributed by atoms with Gasteiger partial charge in [-0.1, -0.05) is 0 Å². The molecule has 2 aromatic rings. The van der Waals surface area contributed by atoms with Crippen LogP contribution in [0.5, 0.6) is 11.5 Å². The molecule has 1 fully saturated rings. The van der Waals surface area contributed by atoms with Crippen molar-refractivity contribution in [2.24, 2.45) is 5.10 Å². The molecule has 1 aromatic heterocycles. The van der Waals surface area contributed by atoms with Gasteiger partial charge < -0.3 is 14.4 Å². The molecular formula is C18H24N4O2S. The predicted molar refractivity (Wildman–Crippen MR) is 101 cm³/mol. The highest BCUT2D eigenvalue weighted by Crippen LogP contribution is 2.28. The summed E-state index contributed by atoms with van der Waals surface area (Å²) in [6.07, 6.45) is 1.88. The molecule has 0 unspecified atom stereocenters. The number of likely N-dealkylation sites (N-methyl/N-ethyl adjacent to an activating group) is 1. The van der Waals surface area contributed by atoms with Crippen LogP contribution in [0.1, 0.15) is 16.3 Å². The molecule has 2 heterocycles. The number of nitrogens with zero attached hydrogens (tertiary/aromatic N) is 4. The molecule has 7 heteroatoms. The highest BCUT2D eigenvalue weighted by molar-refractivity contribution is 7.09. The van der Waals surface area contributed by atoms with E-state index in [1.807, 2.05) is 36.7 Å². The second kappa shape index (κ2) is 8.31. The largest absolute Gasteiger partial charge is 0.493 e. The smallest absolute Gasteiger partial charge is 0.161 e. The maximum absolute atomic E-state index is 5.85. The van der Waals surface area contributed by atoms with Crippen molar-refractivity contribution in [2.75, 3.05) is 40.3 Å². The van der Waals surface area contributed by atoms with Crippen LogP contribution in [0.15, 0.2) is 28.7 Å². The number of aryl methyl sites for hydroxylation is 1. The van der Waals surface area contributed by atoms with Gasteiger partial charge in [0.1, 0.15) is 6.61 Å². The normalized spacial score (nSPS) is 15.7. The van der Waals surface area contributed by atoms with Crippen LogP contribution in [0.2, 0.25) is 0 Å². The van der Waals surface area contributed by atoms with E-state index >= 15 is 0 Å². The summed E-state index contributed by atoms with van der Waals surface area (Å²) in [6.45, 7) is 6.43. The summed E-state index contributed by atoms with van der Waals surface area (Å²) >= 11 is 1.62. The number of thiazole rings is 1. The molecule has 0 aliphatic carbocycles. The molecule has 0 N–H and O–H groups in total. The molecule has 0 saturated carbocycles. The van der Waals surface area contributed by atoms with E-state index < -0.39 is 0 Å². The van der Waals surface area contributed by atoms with Crippen LogP contribution in [0.4, 0.5) is 0 Å². The number of rotatable bonds is 6. The summed E-state index contributed by atoms with van der Waals surface area (Å²) in [5.74, 6) is 1.42. The molecule has 1 aliphatic heterocycles. The fourth-order valence-electron chi connectivity index (χ4n) is 2.57. The summed E-state index contributed by atoms with van der Waals surface area (Å²) in [4.78, 5) is 6.72. The Morgan fingerprint density at radius 2 is 2.04 bits per heavy atom. The number of hydrazone groups is 1. The van der Waals surface area contributed by atoms with Crippen molar-refractivity contribution in [3.63, 3.8) is 0 Å². The SMILES string of the molecule is COc1cc(/C=N\N2CCN(C)CC2)ccc1OCc1csc(C)n1. The lowest BCUT2D eigenvalue weighted by Crippen LogP contribution is -2.41. The molecule has 0 spiro atoms. The first-order chi connectivity index (χ1) is 12.1. The van der Waals surface area contributed by atoms with Gasteiger partial charge in [0.15, 0.2) is 11.5 Å². The van der Waals surface area contributed by atoms with E-state index in [4.69, 9.17) is 9.47 Å². The molecule has 3 rings (SSSR count). The molecule has 1 saturated heterocycles. The van der Waals surface area contributed by atoms with Crippen LogP contribution < -0.4 is 9.47 Å². The lowest BCUT2D eigenvalue weighted by Gasteiger charge is -2.30. The molecule has 0 atom stereocenters. The molecular weight excluding hydrogens is 336 g/mol. The molecule has 0 bridgehead atoms. The van der Waals surface area contributed by atoms with Gasteiger partial charge in [-0.05, 0) is 37.7 Å². The van der Waals surface area contributed by atoms with Gasteiger partial charge in [0.05, 0.1) is 24.0 Å². The first kappa shape index (κ1) is 17.7. The van der Waals surface area contributed by atoms with Gasteiger partial charge in [0.2, 0.25) is 0 Å². The minimum atomic E-state index is 0.440. The van der Waals surface area contributed by atoms with Crippen molar-refractivity contribution >= 4 is 17.6 Å². The Balaban J connectivity index is 1.62. The Labute approximate surface area is 152 Å². The molecule has 134 valence electrons. The van der Waals surface area contributed by atoms with Crippen LogP contribution in [0, 0.1) is 6.92 Å². The van der Waals surface area contributed by atoms with Crippen molar-refractivity contribution in [3.8, 4) is 11.5 Å². The number of piperazine rings is 1. The number of hydrogen-bond donors (Lipinski definition) is 0. The van der Waals surface area contributed by atoms with Crippen molar-refractivity contribution in [1.82, 2.24) is 14.9 Å². The minimum Gasteiger partial charge on any atom is -0.493 e. The predicted octanol–water partition coefficient (Wildman–Crippen LogP) is 2.62. The molecule has 0 amide bonds. The van der Waals surface area contributed by atoms with E-state index in [0.29, 0.717) is 18.1 Å². The summed E-state index contributed by atoms with van der Waals surface area (Å²) in [5, 5.41) is 9.72. The van der Waals surface area contributed by atoms with Crippen LogP contribution in [0.3, 0.4) is 0 Å². The minimum absolute atomic E-state index is 0.440. The van der Waals surface area contributed by atoms with Crippen molar-refractivity contribution in [1.29, 1.82) is 0 Å². The van der Waals surface area contributed by atoms with E-state index in [2.05, 4.69) is 27.0 Å². The summed E-state index contributed by atoms with van der Waals surface area (Å²) < 4.78 is 11.3. The van der Waals surface area contributed by atoms with E-state index in [9.17, 15) is 0 Å². The number of aromatic nitrogens is 1. The Hall–Kier alpha value is -2.12. The van der Waals surface area contributed by atoms with Crippen LogP contribution >= 0.6 is 11.3 Å². The number of ether oxygens (including phenoxy) is 2. The maximum Gasteiger partial charge on any atom is 0.161 e. The number of methoxy groups -OCH3 is 1. The van der Waals surface area contributed by atoms with Crippen molar-refractivity contribution in [3.05, 3.63) is 39.8 Å². The Morgan fingerprint density at radius 1 is 1.24 bits per heavy atom. The standard InChI is InChI=1S/C18H24N4O2S/c1-14-20-16(13-25-14)12-24-17-5-4-15(10-18(17)23-3)11-19-22-8-6-21(2)7-9-22/h4-5,10-11,13H,6-9,12H2,1-3H3/b19-11-. The van der Waals surface area contributed by atoms with Gasteiger partial charge in [0, 0.05) is 31.6 Å². The molecule has 6 nitrogen and oxygen atoms in total. The number of hydrogen-bond acceptors (Lipinski definition) is 7. The van der Waals surface area contributed by atoms with Gasteiger partial charge in [-0.3, -0.25) is 5.01 Å². The van der Waals surface area contributed by atoms with E-state index in [0.717, 1.165) is 42.4 Å².